The molecule has 0 saturated carbocycles. The lowest BCUT2D eigenvalue weighted by atomic mass is 10.2. The SMILES string of the molecule is CCCc1nccn1CC(O)c1cc2ccccc2o1. The Morgan fingerprint density at radius 1 is 1.35 bits per heavy atom. The van der Waals surface area contributed by atoms with E-state index < -0.39 is 6.10 Å². The summed E-state index contributed by atoms with van der Waals surface area (Å²) in [6.45, 7) is 2.59. The number of hydrogen-bond acceptors (Lipinski definition) is 3. The van der Waals surface area contributed by atoms with Gasteiger partial charge in [0.15, 0.2) is 0 Å². The van der Waals surface area contributed by atoms with Crippen LogP contribution >= 0.6 is 0 Å². The fraction of sp³-hybridized carbons (Fsp3) is 0.312. The second kappa shape index (κ2) is 5.51. The van der Waals surface area contributed by atoms with Crippen LogP contribution in [0.15, 0.2) is 47.1 Å². The average molecular weight is 270 g/mol. The van der Waals surface area contributed by atoms with E-state index >= 15 is 0 Å². The van der Waals surface area contributed by atoms with Crippen molar-refractivity contribution in [3.8, 4) is 0 Å². The number of hydrogen-bond donors (Lipinski definition) is 1. The van der Waals surface area contributed by atoms with E-state index in [-0.39, 0.29) is 0 Å². The maximum Gasteiger partial charge on any atom is 0.135 e. The summed E-state index contributed by atoms with van der Waals surface area (Å²) >= 11 is 0. The second-order valence-electron chi connectivity index (χ2n) is 4.95. The van der Waals surface area contributed by atoms with E-state index in [2.05, 4.69) is 11.9 Å². The zero-order valence-corrected chi connectivity index (χ0v) is 11.5. The molecular formula is C16H18N2O2. The van der Waals surface area contributed by atoms with Crippen LogP contribution in [0.5, 0.6) is 0 Å². The van der Waals surface area contributed by atoms with Gasteiger partial charge >= 0.3 is 0 Å². The Hall–Kier alpha value is -2.07. The van der Waals surface area contributed by atoms with Crippen LogP contribution in [0.1, 0.15) is 31.0 Å². The first-order valence-corrected chi connectivity index (χ1v) is 6.94. The Bertz CT molecular complexity index is 666. The minimum atomic E-state index is -0.660. The highest BCUT2D eigenvalue weighted by molar-refractivity contribution is 5.77. The third kappa shape index (κ3) is 2.47. The molecule has 1 unspecified atom stereocenters. The first kappa shape index (κ1) is 12.9. The van der Waals surface area contributed by atoms with Crippen molar-refractivity contribution in [1.29, 1.82) is 0 Å². The molecule has 0 spiro atoms. The molecule has 1 aromatic carbocycles. The van der Waals surface area contributed by atoms with Crippen molar-refractivity contribution in [3.63, 3.8) is 0 Å². The highest BCUT2D eigenvalue weighted by atomic mass is 16.4. The van der Waals surface area contributed by atoms with Gasteiger partial charge in [-0.25, -0.2) is 4.98 Å². The van der Waals surface area contributed by atoms with Crippen LogP contribution in [0.4, 0.5) is 0 Å². The summed E-state index contributed by atoms with van der Waals surface area (Å²) in [5.74, 6) is 1.60. The van der Waals surface area contributed by atoms with Crippen LogP contribution in [0.25, 0.3) is 11.0 Å². The van der Waals surface area contributed by atoms with Crippen LogP contribution in [-0.4, -0.2) is 14.7 Å². The molecule has 3 aromatic rings. The standard InChI is InChI=1S/C16H18N2O2/c1-2-5-16-17-8-9-18(16)11-13(19)15-10-12-6-3-4-7-14(12)20-15/h3-4,6-10,13,19H,2,5,11H2,1H3. The highest BCUT2D eigenvalue weighted by Gasteiger charge is 2.15. The smallest absolute Gasteiger partial charge is 0.135 e. The van der Waals surface area contributed by atoms with Gasteiger partial charge in [-0.2, -0.15) is 0 Å². The van der Waals surface area contributed by atoms with Crippen LogP contribution < -0.4 is 0 Å². The third-order valence-electron chi connectivity index (χ3n) is 3.42. The van der Waals surface area contributed by atoms with Crippen molar-refractivity contribution < 1.29 is 9.52 Å². The van der Waals surface area contributed by atoms with E-state index in [9.17, 15) is 5.11 Å². The summed E-state index contributed by atoms with van der Waals surface area (Å²) in [5.41, 5.74) is 0.806. The number of nitrogens with zero attached hydrogens (tertiary/aromatic N) is 2. The van der Waals surface area contributed by atoms with E-state index in [1.807, 2.05) is 41.1 Å². The Morgan fingerprint density at radius 3 is 3.00 bits per heavy atom. The molecule has 20 heavy (non-hydrogen) atoms. The third-order valence-corrected chi connectivity index (χ3v) is 3.42. The molecule has 0 saturated heterocycles. The zero-order chi connectivity index (χ0) is 13.9. The van der Waals surface area contributed by atoms with Crippen LogP contribution in [0.3, 0.4) is 0 Å². The number of aliphatic hydroxyl groups excluding tert-OH is 1. The summed E-state index contributed by atoms with van der Waals surface area (Å²) in [7, 11) is 0. The van der Waals surface area contributed by atoms with Gasteiger partial charge in [0.2, 0.25) is 0 Å². The van der Waals surface area contributed by atoms with Crippen LogP contribution in [0, 0.1) is 0 Å². The highest BCUT2D eigenvalue weighted by Crippen LogP contribution is 2.25. The molecule has 0 radical (unpaired) electrons. The zero-order valence-electron chi connectivity index (χ0n) is 11.5. The summed E-state index contributed by atoms with van der Waals surface area (Å²) < 4.78 is 7.68. The number of benzene rings is 1. The van der Waals surface area contributed by atoms with Crippen molar-refractivity contribution in [2.45, 2.75) is 32.4 Å². The van der Waals surface area contributed by atoms with Crippen molar-refractivity contribution in [2.24, 2.45) is 0 Å². The number of aromatic nitrogens is 2. The van der Waals surface area contributed by atoms with Gasteiger partial charge in [-0.3, -0.25) is 0 Å². The Balaban J connectivity index is 1.81. The van der Waals surface area contributed by atoms with E-state index in [4.69, 9.17) is 4.42 Å². The summed E-state index contributed by atoms with van der Waals surface area (Å²) in [6, 6.07) is 9.68. The van der Waals surface area contributed by atoms with Crippen molar-refractivity contribution in [1.82, 2.24) is 9.55 Å². The van der Waals surface area contributed by atoms with Crippen molar-refractivity contribution in [3.05, 3.63) is 54.3 Å². The number of para-hydroxylation sites is 1. The molecule has 0 fully saturated rings. The number of aryl methyl sites for hydroxylation is 1. The van der Waals surface area contributed by atoms with Crippen molar-refractivity contribution >= 4 is 11.0 Å². The maximum absolute atomic E-state index is 10.3. The number of furan rings is 1. The maximum atomic E-state index is 10.3. The Labute approximate surface area is 117 Å². The fourth-order valence-electron chi connectivity index (χ4n) is 2.40. The minimum absolute atomic E-state index is 0.467. The summed E-state index contributed by atoms with van der Waals surface area (Å²) in [5, 5.41) is 11.4. The van der Waals surface area contributed by atoms with Gasteiger partial charge in [0.25, 0.3) is 0 Å². The monoisotopic (exact) mass is 270 g/mol. The average Bonchev–Trinajstić information content (AvgIpc) is 3.06. The lowest BCUT2D eigenvalue weighted by Gasteiger charge is -2.11. The molecule has 104 valence electrons. The molecule has 4 nitrogen and oxygen atoms in total. The molecular weight excluding hydrogens is 252 g/mol. The van der Waals surface area contributed by atoms with Gasteiger partial charge < -0.3 is 14.1 Å². The predicted octanol–water partition coefficient (Wildman–Crippen LogP) is 3.32. The van der Waals surface area contributed by atoms with Crippen LogP contribution in [-0.2, 0) is 13.0 Å². The molecule has 2 aromatic heterocycles. The molecule has 2 heterocycles. The first-order chi connectivity index (χ1) is 9.78. The number of rotatable bonds is 5. The molecule has 1 atom stereocenters. The molecule has 0 bridgehead atoms. The number of aliphatic hydroxyl groups is 1. The molecule has 0 aliphatic rings. The molecule has 0 aliphatic carbocycles. The molecule has 4 heteroatoms. The second-order valence-corrected chi connectivity index (χ2v) is 4.95. The number of imidazole rings is 1. The summed E-state index contributed by atoms with van der Waals surface area (Å²) in [4.78, 5) is 4.32. The first-order valence-electron chi connectivity index (χ1n) is 6.94. The number of fused-ring (bicyclic) bond motifs is 1. The van der Waals surface area contributed by atoms with Gasteiger partial charge in [0, 0.05) is 24.2 Å². The fourth-order valence-corrected chi connectivity index (χ4v) is 2.40. The van der Waals surface area contributed by atoms with Gasteiger partial charge in [-0.15, -0.1) is 0 Å². The Kier molecular flexibility index (Phi) is 3.56. The van der Waals surface area contributed by atoms with Crippen molar-refractivity contribution in [2.75, 3.05) is 0 Å². The molecule has 1 N–H and O–H groups in total. The van der Waals surface area contributed by atoms with Gasteiger partial charge in [-0.05, 0) is 18.6 Å². The lowest BCUT2D eigenvalue weighted by molar-refractivity contribution is 0.131. The summed E-state index contributed by atoms with van der Waals surface area (Å²) in [6.07, 6.45) is 4.97. The van der Waals surface area contributed by atoms with Gasteiger partial charge in [0.05, 0.1) is 6.54 Å². The minimum Gasteiger partial charge on any atom is -0.458 e. The topological polar surface area (TPSA) is 51.2 Å². The Morgan fingerprint density at radius 2 is 2.20 bits per heavy atom. The van der Waals surface area contributed by atoms with Crippen LogP contribution in [0.2, 0.25) is 0 Å². The van der Waals surface area contributed by atoms with Gasteiger partial charge in [0.1, 0.15) is 23.3 Å². The molecule has 0 amide bonds. The molecule has 0 aliphatic heterocycles. The van der Waals surface area contributed by atoms with Gasteiger partial charge in [-0.1, -0.05) is 25.1 Å². The predicted molar refractivity (Wildman–Crippen MR) is 77.4 cm³/mol. The quantitative estimate of drug-likeness (QED) is 0.773. The van der Waals surface area contributed by atoms with E-state index in [1.165, 1.54) is 0 Å². The largest absolute Gasteiger partial charge is 0.458 e. The molecule has 3 rings (SSSR count). The van der Waals surface area contributed by atoms with E-state index in [1.54, 1.807) is 6.20 Å². The lowest BCUT2D eigenvalue weighted by Crippen LogP contribution is -2.10. The normalized spacial score (nSPS) is 12.9. The van der Waals surface area contributed by atoms with E-state index in [0.717, 1.165) is 29.6 Å². The van der Waals surface area contributed by atoms with E-state index in [0.29, 0.717) is 12.3 Å².